The standard InChI is InChI=1S/C30H30N2O3S/c1-29(2,3)32-24-17-11-10-16-23(24)31-28(32)36-26-25(33)20-30(35-27(26)34,22-14-8-5-9-15-22)19-18-21-12-6-4-7-13-21/h4-17,26H,18-20H2,1-3H3. The maximum Gasteiger partial charge on any atom is 0.328 e. The number of carbonyl (C=O) groups excluding carboxylic acids is 2. The van der Waals surface area contributed by atoms with Crippen molar-refractivity contribution in [3.05, 3.63) is 96.1 Å². The van der Waals surface area contributed by atoms with Crippen LogP contribution in [-0.4, -0.2) is 26.6 Å². The molecule has 1 aromatic heterocycles. The highest BCUT2D eigenvalue weighted by atomic mass is 32.2. The third-order valence-corrected chi connectivity index (χ3v) is 7.82. The second-order valence-electron chi connectivity index (χ2n) is 10.3. The SMILES string of the molecule is CC(C)(C)n1c(SC2C(=O)CC(CCc3ccccc3)(c3ccccc3)OC2=O)nc2ccccc21. The Balaban J connectivity index is 1.45. The first kappa shape index (κ1) is 24.3. The third-order valence-electron chi connectivity index (χ3n) is 6.65. The second-order valence-corrected chi connectivity index (χ2v) is 11.4. The number of nitrogens with zero attached hydrogens (tertiary/aromatic N) is 2. The first-order chi connectivity index (χ1) is 17.3. The van der Waals surface area contributed by atoms with Crippen molar-refractivity contribution in [2.75, 3.05) is 0 Å². The molecular weight excluding hydrogens is 468 g/mol. The molecular formula is C30H30N2O3S. The predicted molar refractivity (Wildman–Crippen MR) is 143 cm³/mol. The summed E-state index contributed by atoms with van der Waals surface area (Å²) in [5.41, 5.74) is 2.56. The molecule has 2 heterocycles. The molecule has 184 valence electrons. The number of rotatable bonds is 6. The number of esters is 1. The molecule has 4 aromatic rings. The summed E-state index contributed by atoms with van der Waals surface area (Å²) >= 11 is 1.20. The highest BCUT2D eigenvalue weighted by Crippen LogP contribution is 2.43. The lowest BCUT2D eigenvalue weighted by Gasteiger charge is -2.39. The largest absolute Gasteiger partial charge is 0.453 e. The zero-order chi connectivity index (χ0) is 25.3. The van der Waals surface area contributed by atoms with Gasteiger partial charge in [-0.05, 0) is 56.9 Å². The van der Waals surface area contributed by atoms with E-state index in [1.165, 1.54) is 11.8 Å². The van der Waals surface area contributed by atoms with E-state index in [1.54, 1.807) is 0 Å². The summed E-state index contributed by atoms with van der Waals surface area (Å²) in [6, 6.07) is 27.6. The average Bonchev–Trinajstić information content (AvgIpc) is 3.25. The van der Waals surface area contributed by atoms with Gasteiger partial charge in [-0.2, -0.15) is 0 Å². The number of aryl methyl sites for hydroxylation is 1. The van der Waals surface area contributed by atoms with Gasteiger partial charge in [0.25, 0.3) is 0 Å². The number of cyclic esters (lactones) is 1. The van der Waals surface area contributed by atoms with Crippen LogP contribution in [0.2, 0.25) is 0 Å². The van der Waals surface area contributed by atoms with Crippen LogP contribution >= 0.6 is 11.8 Å². The zero-order valence-electron chi connectivity index (χ0n) is 20.8. The molecule has 0 bridgehead atoms. The fourth-order valence-electron chi connectivity index (χ4n) is 4.92. The van der Waals surface area contributed by atoms with Crippen LogP contribution in [0.5, 0.6) is 0 Å². The van der Waals surface area contributed by atoms with Crippen molar-refractivity contribution < 1.29 is 14.3 Å². The molecule has 0 amide bonds. The smallest absolute Gasteiger partial charge is 0.328 e. The van der Waals surface area contributed by atoms with E-state index in [0.717, 1.165) is 22.2 Å². The maximum atomic E-state index is 13.6. The molecule has 1 saturated heterocycles. The molecule has 0 aliphatic carbocycles. The van der Waals surface area contributed by atoms with Gasteiger partial charge >= 0.3 is 5.97 Å². The fraction of sp³-hybridized carbons (Fsp3) is 0.300. The van der Waals surface area contributed by atoms with Gasteiger partial charge in [0.15, 0.2) is 16.2 Å². The van der Waals surface area contributed by atoms with E-state index in [-0.39, 0.29) is 17.7 Å². The zero-order valence-corrected chi connectivity index (χ0v) is 21.6. The molecule has 36 heavy (non-hydrogen) atoms. The van der Waals surface area contributed by atoms with E-state index in [9.17, 15) is 9.59 Å². The van der Waals surface area contributed by atoms with E-state index in [4.69, 9.17) is 9.72 Å². The Morgan fingerprint density at radius 3 is 2.25 bits per heavy atom. The quantitative estimate of drug-likeness (QED) is 0.231. The van der Waals surface area contributed by atoms with Crippen LogP contribution in [0, 0.1) is 0 Å². The minimum absolute atomic E-state index is 0.124. The molecule has 2 unspecified atom stereocenters. The number of benzene rings is 3. The van der Waals surface area contributed by atoms with Crippen LogP contribution in [0.15, 0.2) is 90.1 Å². The number of Topliss-reactive ketones (excluding diaryl/α,β-unsaturated/α-hetero) is 1. The van der Waals surface area contributed by atoms with Gasteiger partial charge in [0.1, 0.15) is 5.60 Å². The number of aromatic nitrogens is 2. The van der Waals surface area contributed by atoms with Gasteiger partial charge in [0, 0.05) is 5.54 Å². The van der Waals surface area contributed by atoms with Crippen molar-refractivity contribution in [3.63, 3.8) is 0 Å². The minimum Gasteiger partial charge on any atom is -0.453 e. The van der Waals surface area contributed by atoms with E-state index < -0.39 is 16.8 Å². The second kappa shape index (κ2) is 9.58. The van der Waals surface area contributed by atoms with Crippen LogP contribution in [0.25, 0.3) is 11.0 Å². The van der Waals surface area contributed by atoms with Crippen molar-refractivity contribution in [1.82, 2.24) is 9.55 Å². The minimum atomic E-state index is -0.980. The number of carbonyl (C=O) groups is 2. The Labute approximate surface area is 215 Å². The monoisotopic (exact) mass is 498 g/mol. The summed E-state index contributed by atoms with van der Waals surface area (Å²) < 4.78 is 8.32. The number of hydrogen-bond acceptors (Lipinski definition) is 5. The molecule has 3 aromatic carbocycles. The topological polar surface area (TPSA) is 61.2 Å². The number of fused-ring (bicyclic) bond motifs is 1. The van der Waals surface area contributed by atoms with E-state index in [1.807, 2.05) is 72.8 Å². The Kier molecular flexibility index (Phi) is 6.47. The fourth-order valence-corrected chi connectivity index (χ4v) is 6.11. The van der Waals surface area contributed by atoms with Gasteiger partial charge in [0.05, 0.1) is 17.5 Å². The van der Waals surface area contributed by atoms with Crippen LogP contribution in [0.4, 0.5) is 0 Å². The summed E-state index contributed by atoms with van der Waals surface area (Å²) in [7, 11) is 0. The summed E-state index contributed by atoms with van der Waals surface area (Å²) in [5.74, 6) is -0.624. The first-order valence-corrected chi connectivity index (χ1v) is 13.1. The molecule has 1 fully saturated rings. The number of imidazole rings is 1. The number of hydrogen-bond donors (Lipinski definition) is 0. The van der Waals surface area contributed by atoms with Crippen LogP contribution in [-0.2, 0) is 31.9 Å². The average molecular weight is 499 g/mol. The molecule has 0 saturated carbocycles. The van der Waals surface area contributed by atoms with Crippen LogP contribution in [0.1, 0.15) is 44.7 Å². The van der Waals surface area contributed by atoms with Gasteiger partial charge in [-0.3, -0.25) is 9.59 Å². The van der Waals surface area contributed by atoms with Crippen LogP contribution in [0.3, 0.4) is 0 Å². The van der Waals surface area contributed by atoms with Gasteiger partial charge in [-0.15, -0.1) is 0 Å². The summed E-state index contributed by atoms with van der Waals surface area (Å²) in [6.07, 6.45) is 1.38. The van der Waals surface area contributed by atoms with Crippen molar-refractivity contribution in [2.24, 2.45) is 0 Å². The molecule has 2 atom stereocenters. The Hall–Kier alpha value is -3.38. The molecule has 0 spiro atoms. The summed E-state index contributed by atoms with van der Waals surface area (Å²) in [4.78, 5) is 31.9. The van der Waals surface area contributed by atoms with E-state index in [2.05, 4.69) is 37.5 Å². The molecule has 6 heteroatoms. The predicted octanol–water partition coefficient (Wildman–Crippen LogP) is 6.30. The Morgan fingerprint density at radius 1 is 0.944 bits per heavy atom. The first-order valence-electron chi connectivity index (χ1n) is 12.3. The Morgan fingerprint density at radius 2 is 1.58 bits per heavy atom. The maximum absolute atomic E-state index is 13.6. The lowest BCUT2D eigenvalue weighted by atomic mass is 9.81. The number of ketones is 1. The van der Waals surface area contributed by atoms with Crippen molar-refractivity contribution in [2.45, 2.75) is 61.6 Å². The highest BCUT2D eigenvalue weighted by molar-refractivity contribution is 8.01. The molecule has 0 N–H and O–H groups in total. The normalized spacial score (nSPS) is 20.5. The lowest BCUT2D eigenvalue weighted by molar-refractivity contribution is -0.171. The Bertz CT molecular complexity index is 1370. The van der Waals surface area contributed by atoms with Crippen LogP contribution < -0.4 is 0 Å². The lowest BCUT2D eigenvalue weighted by Crippen LogP contribution is -2.47. The molecule has 1 aliphatic rings. The van der Waals surface area contributed by atoms with Gasteiger partial charge in [0.2, 0.25) is 0 Å². The van der Waals surface area contributed by atoms with E-state index in [0.29, 0.717) is 18.0 Å². The van der Waals surface area contributed by atoms with Crippen molar-refractivity contribution in [1.29, 1.82) is 0 Å². The number of ether oxygens (including phenoxy) is 1. The third kappa shape index (κ3) is 4.70. The van der Waals surface area contributed by atoms with Gasteiger partial charge < -0.3 is 9.30 Å². The number of thioether (sulfide) groups is 1. The van der Waals surface area contributed by atoms with Gasteiger partial charge in [-0.25, -0.2) is 4.98 Å². The molecule has 0 radical (unpaired) electrons. The summed E-state index contributed by atoms with van der Waals surface area (Å²) in [6.45, 7) is 6.28. The number of para-hydroxylation sites is 2. The molecule has 5 nitrogen and oxygen atoms in total. The molecule has 5 rings (SSSR count). The van der Waals surface area contributed by atoms with Crippen molar-refractivity contribution in [3.8, 4) is 0 Å². The van der Waals surface area contributed by atoms with E-state index >= 15 is 0 Å². The highest BCUT2D eigenvalue weighted by Gasteiger charge is 2.48. The molecule has 1 aliphatic heterocycles. The van der Waals surface area contributed by atoms with Gasteiger partial charge in [-0.1, -0.05) is 84.6 Å². The summed E-state index contributed by atoms with van der Waals surface area (Å²) in [5, 5.41) is -0.299. The van der Waals surface area contributed by atoms with Crippen molar-refractivity contribution >= 4 is 34.5 Å².